The van der Waals surface area contributed by atoms with Gasteiger partial charge in [0.1, 0.15) is 6.10 Å². The zero-order valence-electron chi connectivity index (χ0n) is 18.3. The summed E-state index contributed by atoms with van der Waals surface area (Å²) in [5.41, 5.74) is 0.249. The number of piperidine rings is 1. The first-order valence-corrected chi connectivity index (χ1v) is 11.9. The molecule has 1 aliphatic heterocycles. The second kappa shape index (κ2) is 10.4. The number of hydrogen-bond donors (Lipinski definition) is 2. The molecule has 4 nitrogen and oxygen atoms in total. The average molecular weight is 422 g/mol. The van der Waals surface area contributed by atoms with Crippen LogP contribution in [0.2, 0.25) is 0 Å². The highest BCUT2D eigenvalue weighted by Crippen LogP contribution is 2.41. The molecule has 2 aromatic rings. The number of esters is 1. The Balaban J connectivity index is 1.60. The van der Waals surface area contributed by atoms with Crippen molar-refractivity contribution in [3.05, 3.63) is 71.8 Å². The van der Waals surface area contributed by atoms with Crippen LogP contribution in [-0.4, -0.2) is 30.3 Å². The van der Waals surface area contributed by atoms with Gasteiger partial charge in [-0.3, -0.25) is 0 Å². The summed E-state index contributed by atoms with van der Waals surface area (Å²) >= 11 is 0. The third-order valence-electron chi connectivity index (χ3n) is 7.17. The van der Waals surface area contributed by atoms with Crippen LogP contribution in [0.15, 0.2) is 60.7 Å². The van der Waals surface area contributed by atoms with E-state index >= 15 is 0 Å². The third-order valence-corrected chi connectivity index (χ3v) is 7.17. The van der Waals surface area contributed by atoms with Gasteiger partial charge in [-0.2, -0.15) is 0 Å². The molecule has 1 aliphatic carbocycles. The number of nitrogens with one attached hydrogen (secondary N) is 1. The summed E-state index contributed by atoms with van der Waals surface area (Å²) < 4.78 is 6.25. The Bertz CT molecular complexity index is 813. The first-order valence-electron chi connectivity index (χ1n) is 11.9. The van der Waals surface area contributed by atoms with Crippen molar-refractivity contribution in [2.45, 2.75) is 63.1 Å². The van der Waals surface area contributed by atoms with E-state index in [4.69, 9.17) is 4.74 Å². The minimum Gasteiger partial charge on any atom is -0.459 e. The van der Waals surface area contributed by atoms with E-state index in [2.05, 4.69) is 17.4 Å². The highest BCUT2D eigenvalue weighted by Gasteiger charge is 2.48. The van der Waals surface area contributed by atoms with Gasteiger partial charge in [0, 0.05) is 12.3 Å². The van der Waals surface area contributed by atoms with Crippen molar-refractivity contribution in [1.29, 1.82) is 0 Å². The van der Waals surface area contributed by atoms with Gasteiger partial charge in [-0.05, 0) is 55.8 Å². The molecule has 0 aromatic heterocycles. The van der Waals surface area contributed by atoms with Crippen molar-refractivity contribution < 1.29 is 14.6 Å². The maximum Gasteiger partial charge on any atom is 0.343 e. The first-order chi connectivity index (χ1) is 15.2. The predicted molar refractivity (Wildman–Crippen MR) is 123 cm³/mol. The Morgan fingerprint density at radius 3 is 2.19 bits per heavy atom. The molecule has 1 saturated heterocycles. The van der Waals surface area contributed by atoms with Crippen LogP contribution in [0.4, 0.5) is 0 Å². The van der Waals surface area contributed by atoms with Gasteiger partial charge < -0.3 is 15.2 Å². The molecule has 2 fully saturated rings. The standard InChI is InChI=1S/C27H35NO3/c29-26(27(30,23-12-6-2-7-13-23)24-14-8-3-9-15-24)31-25(22-16-18-28-19-17-22)20-21-10-4-1-5-11-21/h1-2,4-7,10-13,22,24-25,28,30H,3,8-9,14-20H2. The fraction of sp³-hybridized carbons (Fsp3) is 0.519. The zero-order valence-corrected chi connectivity index (χ0v) is 18.3. The number of carbonyl (C=O) groups is 1. The maximum atomic E-state index is 13.7. The fourth-order valence-corrected chi connectivity index (χ4v) is 5.33. The van der Waals surface area contributed by atoms with Crippen LogP contribution in [0.3, 0.4) is 0 Å². The van der Waals surface area contributed by atoms with Gasteiger partial charge in [0.05, 0.1) is 0 Å². The number of ether oxygens (including phenoxy) is 1. The molecule has 1 saturated carbocycles. The molecule has 166 valence electrons. The van der Waals surface area contributed by atoms with E-state index in [0.717, 1.165) is 51.6 Å². The second-order valence-electron chi connectivity index (χ2n) is 9.19. The number of benzene rings is 2. The molecule has 0 spiro atoms. The topological polar surface area (TPSA) is 58.6 Å². The van der Waals surface area contributed by atoms with Crippen LogP contribution in [0, 0.1) is 11.8 Å². The van der Waals surface area contributed by atoms with E-state index in [-0.39, 0.29) is 12.0 Å². The lowest BCUT2D eigenvalue weighted by molar-refractivity contribution is -0.184. The molecule has 4 heteroatoms. The van der Waals surface area contributed by atoms with E-state index < -0.39 is 11.6 Å². The van der Waals surface area contributed by atoms with E-state index in [9.17, 15) is 9.90 Å². The molecular weight excluding hydrogens is 386 g/mol. The Kier molecular flexibility index (Phi) is 7.41. The number of rotatable bonds is 7. The van der Waals surface area contributed by atoms with Crippen molar-refractivity contribution in [3.63, 3.8) is 0 Å². The quantitative estimate of drug-likeness (QED) is 0.641. The second-order valence-corrected chi connectivity index (χ2v) is 9.19. The van der Waals surface area contributed by atoms with Gasteiger partial charge in [-0.1, -0.05) is 79.9 Å². The van der Waals surface area contributed by atoms with Crippen molar-refractivity contribution >= 4 is 5.97 Å². The van der Waals surface area contributed by atoms with Crippen LogP contribution in [0.1, 0.15) is 56.1 Å². The zero-order chi connectivity index (χ0) is 21.5. The Morgan fingerprint density at radius 1 is 0.935 bits per heavy atom. The number of hydrogen-bond acceptors (Lipinski definition) is 4. The number of aliphatic hydroxyl groups is 1. The fourth-order valence-electron chi connectivity index (χ4n) is 5.33. The minimum absolute atomic E-state index is 0.0958. The molecule has 2 unspecified atom stereocenters. The lowest BCUT2D eigenvalue weighted by atomic mass is 9.73. The van der Waals surface area contributed by atoms with Gasteiger partial charge >= 0.3 is 5.97 Å². The normalized spacial score (nSPS) is 21.2. The summed E-state index contributed by atoms with van der Waals surface area (Å²) in [5, 5.41) is 15.3. The minimum atomic E-state index is -1.58. The van der Waals surface area contributed by atoms with E-state index in [0.29, 0.717) is 17.9 Å². The molecule has 2 atom stereocenters. The maximum absolute atomic E-state index is 13.7. The summed E-state index contributed by atoms with van der Waals surface area (Å²) in [5.74, 6) is -0.261. The van der Waals surface area contributed by atoms with E-state index in [1.165, 1.54) is 12.0 Å². The summed E-state index contributed by atoms with van der Waals surface area (Å²) in [4.78, 5) is 13.7. The predicted octanol–water partition coefficient (Wildman–Crippen LogP) is 4.61. The van der Waals surface area contributed by atoms with Crippen LogP contribution < -0.4 is 5.32 Å². The van der Waals surface area contributed by atoms with Gasteiger partial charge in [0.25, 0.3) is 0 Å². The van der Waals surface area contributed by atoms with Gasteiger partial charge in [0.15, 0.2) is 5.60 Å². The summed E-state index contributed by atoms with van der Waals surface area (Å²) in [6.07, 6.45) is 7.42. The molecule has 0 amide bonds. The monoisotopic (exact) mass is 421 g/mol. The van der Waals surface area contributed by atoms with Gasteiger partial charge in [-0.15, -0.1) is 0 Å². The van der Waals surface area contributed by atoms with Crippen molar-refractivity contribution in [1.82, 2.24) is 5.32 Å². The molecular formula is C27H35NO3. The Morgan fingerprint density at radius 2 is 1.55 bits per heavy atom. The van der Waals surface area contributed by atoms with Gasteiger partial charge in [0.2, 0.25) is 0 Å². The van der Waals surface area contributed by atoms with Crippen molar-refractivity contribution in [2.24, 2.45) is 11.8 Å². The molecule has 0 radical (unpaired) electrons. The highest BCUT2D eigenvalue weighted by molar-refractivity contribution is 5.81. The first kappa shape index (κ1) is 22.0. The van der Waals surface area contributed by atoms with E-state index in [1.54, 1.807) is 0 Å². The lowest BCUT2D eigenvalue weighted by Crippen LogP contribution is -2.48. The van der Waals surface area contributed by atoms with Crippen molar-refractivity contribution in [2.75, 3.05) is 13.1 Å². The molecule has 4 rings (SSSR count). The van der Waals surface area contributed by atoms with Crippen LogP contribution in [-0.2, 0) is 21.6 Å². The lowest BCUT2D eigenvalue weighted by Gasteiger charge is -2.39. The van der Waals surface area contributed by atoms with Crippen LogP contribution >= 0.6 is 0 Å². The van der Waals surface area contributed by atoms with Crippen LogP contribution in [0.5, 0.6) is 0 Å². The van der Waals surface area contributed by atoms with Gasteiger partial charge in [-0.25, -0.2) is 4.79 Å². The summed E-state index contributed by atoms with van der Waals surface area (Å²) in [6.45, 7) is 1.89. The molecule has 2 aromatic carbocycles. The smallest absolute Gasteiger partial charge is 0.343 e. The largest absolute Gasteiger partial charge is 0.459 e. The SMILES string of the molecule is O=C(OC(Cc1ccccc1)C1CCNCC1)C(O)(c1ccccc1)C1CCCCC1. The molecule has 31 heavy (non-hydrogen) atoms. The highest BCUT2D eigenvalue weighted by atomic mass is 16.6. The van der Waals surface area contributed by atoms with E-state index in [1.807, 2.05) is 48.5 Å². The third kappa shape index (κ3) is 5.19. The van der Waals surface area contributed by atoms with Crippen LogP contribution in [0.25, 0.3) is 0 Å². The average Bonchev–Trinajstić information content (AvgIpc) is 2.85. The Hall–Kier alpha value is -2.17. The molecule has 0 bridgehead atoms. The summed E-state index contributed by atoms with van der Waals surface area (Å²) in [7, 11) is 0. The summed E-state index contributed by atoms with van der Waals surface area (Å²) in [6, 6.07) is 19.7. The molecule has 2 aliphatic rings. The molecule has 1 heterocycles. The number of carbonyl (C=O) groups excluding carboxylic acids is 1. The van der Waals surface area contributed by atoms with Crippen molar-refractivity contribution in [3.8, 4) is 0 Å². The Labute approximate surface area is 186 Å². The molecule has 2 N–H and O–H groups in total.